The van der Waals surface area contributed by atoms with Crippen LogP contribution in [-0.2, 0) is 0 Å². The molecule has 0 spiro atoms. The van der Waals surface area contributed by atoms with E-state index in [1.165, 1.54) is 17.1 Å². The topological polar surface area (TPSA) is 76.7 Å². The molecule has 0 bridgehead atoms. The maximum absolute atomic E-state index is 12.2. The molecule has 1 aromatic carbocycles. The smallest absolute Gasteiger partial charge is 0.280 e. The van der Waals surface area contributed by atoms with Gasteiger partial charge in [0.05, 0.1) is 29.2 Å². The molecule has 17 heavy (non-hydrogen) atoms. The summed E-state index contributed by atoms with van der Waals surface area (Å²) in [6.07, 6.45) is 4.76. The summed E-state index contributed by atoms with van der Waals surface area (Å²) >= 11 is 0. The molecule has 0 radical (unpaired) electrons. The molecule has 5 nitrogen and oxygen atoms in total. The van der Waals surface area contributed by atoms with E-state index in [2.05, 4.69) is 10.1 Å². The lowest BCUT2D eigenvalue weighted by Crippen LogP contribution is -2.12. The van der Waals surface area contributed by atoms with E-state index in [1.54, 1.807) is 12.3 Å². The van der Waals surface area contributed by atoms with Gasteiger partial charge in [-0.25, -0.2) is 4.68 Å². The lowest BCUT2D eigenvalue weighted by molar-refractivity contribution is 0.0946. The number of aromatic nitrogens is 3. The van der Waals surface area contributed by atoms with Crippen molar-refractivity contribution in [3.05, 3.63) is 48.4 Å². The van der Waals surface area contributed by atoms with Crippen LogP contribution in [-0.4, -0.2) is 20.7 Å². The number of carbonyl (C=O) groups is 1. The molecule has 0 saturated heterocycles. The highest BCUT2D eigenvalue weighted by molar-refractivity contribution is 6.06. The number of hydrogen-bond donors (Lipinski definition) is 2. The molecule has 5 heteroatoms. The number of rotatable bonds is 1. The normalized spacial score (nSPS) is 10.8. The Balaban J connectivity index is 2.15. The summed E-state index contributed by atoms with van der Waals surface area (Å²) in [7, 11) is 0. The Morgan fingerprint density at radius 3 is 3.00 bits per heavy atom. The van der Waals surface area contributed by atoms with E-state index in [0.717, 1.165) is 10.9 Å². The highest BCUT2D eigenvalue weighted by atomic mass is 16.2. The standard InChI is InChI=1S/C12H10N4O/c13-9-6-15-16(7-9)12(17)10-3-1-2-8-4-5-14-11(8)10/h1-7,14H,13H2. The van der Waals surface area contributed by atoms with Crippen molar-refractivity contribution in [2.45, 2.75) is 0 Å². The van der Waals surface area contributed by atoms with Gasteiger partial charge in [-0.15, -0.1) is 0 Å². The minimum atomic E-state index is -0.199. The number of aromatic amines is 1. The Morgan fingerprint density at radius 1 is 1.35 bits per heavy atom. The van der Waals surface area contributed by atoms with Crippen LogP contribution in [0.1, 0.15) is 10.4 Å². The van der Waals surface area contributed by atoms with Crippen LogP contribution in [0.2, 0.25) is 0 Å². The van der Waals surface area contributed by atoms with Gasteiger partial charge in [-0.05, 0) is 12.1 Å². The van der Waals surface area contributed by atoms with Crippen LogP contribution >= 0.6 is 0 Å². The number of para-hydroxylation sites is 1. The maximum atomic E-state index is 12.2. The molecule has 0 fully saturated rings. The van der Waals surface area contributed by atoms with Gasteiger partial charge in [0.2, 0.25) is 0 Å². The largest absolute Gasteiger partial charge is 0.396 e. The first kappa shape index (κ1) is 9.65. The van der Waals surface area contributed by atoms with Crippen molar-refractivity contribution in [2.24, 2.45) is 0 Å². The Kier molecular flexibility index (Phi) is 1.98. The van der Waals surface area contributed by atoms with Crippen molar-refractivity contribution < 1.29 is 4.79 Å². The molecular weight excluding hydrogens is 216 g/mol. The van der Waals surface area contributed by atoms with Gasteiger partial charge in [0, 0.05) is 11.6 Å². The second-order valence-electron chi connectivity index (χ2n) is 3.77. The van der Waals surface area contributed by atoms with Gasteiger partial charge in [0.15, 0.2) is 0 Å². The number of nitrogens with zero attached hydrogens (tertiary/aromatic N) is 2. The van der Waals surface area contributed by atoms with E-state index < -0.39 is 0 Å². The molecule has 3 N–H and O–H groups in total. The number of carbonyl (C=O) groups excluding carboxylic acids is 1. The molecule has 0 aliphatic heterocycles. The minimum absolute atomic E-state index is 0.199. The van der Waals surface area contributed by atoms with E-state index >= 15 is 0 Å². The zero-order valence-corrected chi connectivity index (χ0v) is 8.92. The molecule has 84 valence electrons. The second-order valence-corrected chi connectivity index (χ2v) is 3.77. The quantitative estimate of drug-likeness (QED) is 0.662. The SMILES string of the molecule is Nc1cnn(C(=O)c2cccc3cc[nH]c23)c1. The number of anilines is 1. The van der Waals surface area contributed by atoms with Gasteiger partial charge < -0.3 is 10.7 Å². The van der Waals surface area contributed by atoms with Gasteiger partial charge in [-0.3, -0.25) is 4.79 Å². The van der Waals surface area contributed by atoms with E-state index in [4.69, 9.17) is 5.73 Å². The van der Waals surface area contributed by atoms with Gasteiger partial charge in [0.25, 0.3) is 5.91 Å². The summed E-state index contributed by atoms with van der Waals surface area (Å²) < 4.78 is 1.24. The summed E-state index contributed by atoms with van der Waals surface area (Å²) in [5.41, 5.74) is 7.40. The van der Waals surface area contributed by atoms with Crippen LogP contribution < -0.4 is 5.73 Å². The average Bonchev–Trinajstić information content (AvgIpc) is 2.95. The third-order valence-corrected chi connectivity index (χ3v) is 2.63. The van der Waals surface area contributed by atoms with Crippen molar-refractivity contribution in [1.82, 2.24) is 14.8 Å². The summed E-state index contributed by atoms with van der Waals surface area (Å²) in [6.45, 7) is 0. The Labute approximate surface area is 96.9 Å². The Hall–Kier alpha value is -2.56. The highest BCUT2D eigenvalue weighted by Crippen LogP contribution is 2.18. The van der Waals surface area contributed by atoms with Gasteiger partial charge >= 0.3 is 0 Å². The number of nitrogens with one attached hydrogen (secondary N) is 1. The van der Waals surface area contributed by atoms with Gasteiger partial charge in [-0.1, -0.05) is 12.1 Å². The number of benzene rings is 1. The molecule has 0 aliphatic rings. The van der Waals surface area contributed by atoms with Crippen molar-refractivity contribution in [1.29, 1.82) is 0 Å². The number of fused-ring (bicyclic) bond motifs is 1. The van der Waals surface area contributed by atoms with Gasteiger partial charge in [-0.2, -0.15) is 5.10 Å². The third-order valence-electron chi connectivity index (χ3n) is 2.63. The lowest BCUT2D eigenvalue weighted by atomic mass is 10.1. The fraction of sp³-hybridized carbons (Fsp3) is 0. The molecule has 2 heterocycles. The third kappa shape index (κ3) is 1.48. The lowest BCUT2D eigenvalue weighted by Gasteiger charge is -2.02. The molecule has 0 atom stereocenters. The summed E-state index contributed by atoms with van der Waals surface area (Å²) in [4.78, 5) is 15.2. The number of nitrogen functional groups attached to an aromatic ring is 1. The minimum Gasteiger partial charge on any atom is -0.396 e. The van der Waals surface area contributed by atoms with Crippen LogP contribution in [0, 0.1) is 0 Å². The first-order valence-corrected chi connectivity index (χ1v) is 5.16. The molecule has 0 saturated carbocycles. The first-order valence-electron chi connectivity index (χ1n) is 5.16. The number of H-pyrrole nitrogens is 1. The molecule has 0 unspecified atom stereocenters. The molecule has 3 rings (SSSR count). The van der Waals surface area contributed by atoms with Crippen molar-refractivity contribution in [3.8, 4) is 0 Å². The zero-order valence-electron chi connectivity index (χ0n) is 8.92. The fourth-order valence-corrected chi connectivity index (χ4v) is 1.83. The van der Waals surface area contributed by atoms with Gasteiger partial charge in [0.1, 0.15) is 0 Å². The summed E-state index contributed by atoms with van der Waals surface area (Å²) in [6, 6.07) is 7.47. The van der Waals surface area contributed by atoms with E-state index in [0.29, 0.717) is 11.3 Å². The van der Waals surface area contributed by atoms with Crippen molar-refractivity contribution in [3.63, 3.8) is 0 Å². The molecule has 0 aliphatic carbocycles. The van der Waals surface area contributed by atoms with Crippen LogP contribution in [0.5, 0.6) is 0 Å². The van der Waals surface area contributed by atoms with Crippen LogP contribution in [0.15, 0.2) is 42.9 Å². The number of nitrogens with two attached hydrogens (primary N) is 1. The molecule has 0 amide bonds. The fourth-order valence-electron chi connectivity index (χ4n) is 1.83. The first-order chi connectivity index (χ1) is 8.25. The Morgan fingerprint density at radius 2 is 2.24 bits per heavy atom. The van der Waals surface area contributed by atoms with Crippen molar-refractivity contribution >= 4 is 22.5 Å². The Bertz CT molecular complexity index is 695. The maximum Gasteiger partial charge on any atom is 0.280 e. The predicted molar refractivity (Wildman–Crippen MR) is 64.7 cm³/mol. The number of hydrogen-bond acceptors (Lipinski definition) is 3. The van der Waals surface area contributed by atoms with Crippen LogP contribution in [0.3, 0.4) is 0 Å². The average molecular weight is 226 g/mol. The zero-order chi connectivity index (χ0) is 11.8. The molecule has 3 aromatic rings. The molecule has 2 aromatic heterocycles. The summed E-state index contributed by atoms with van der Waals surface area (Å²) in [5.74, 6) is -0.199. The van der Waals surface area contributed by atoms with E-state index in [-0.39, 0.29) is 5.91 Å². The second kappa shape index (κ2) is 3.48. The predicted octanol–water partition coefficient (Wildman–Crippen LogP) is 1.64. The van der Waals surface area contributed by atoms with Crippen LogP contribution in [0.25, 0.3) is 10.9 Å². The summed E-state index contributed by atoms with van der Waals surface area (Å²) in [5, 5.41) is 4.91. The van der Waals surface area contributed by atoms with Crippen molar-refractivity contribution in [2.75, 3.05) is 5.73 Å². The van der Waals surface area contributed by atoms with Crippen LogP contribution in [0.4, 0.5) is 5.69 Å². The van der Waals surface area contributed by atoms with E-state index in [1.807, 2.05) is 18.2 Å². The molecular formula is C12H10N4O. The van der Waals surface area contributed by atoms with E-state index in [9.17, 15) is 4.79 Å². The highest BCUT2D eigenvalue weighted by Gasteiger charge is 2.13. The monoisotopic (exact) mass is 226 g/mol.